The number of hydrogen-bond donors (Lipinski definition) is 1. The maximum absolute atomic E-state index is 11.7. The van der Waals surface area contributed by atoms with E-state index in [0.717, 1.165) is 23.3 Å². The molecule has 20 heavy (non-hydrogen) atoms. The zero-order chi connectivity index (χ0) is 14.5. The summed E-state index contributed by atoms with van der Waals surface area (Å²) in [5.41, 5.74) is 2.01. The van der Waals surface area contributed by atoms with Crippen LogP contribution in [0.3, 0.4) is 0 Å². The summed E-state index contributed by atoms with van der Waals surface area (Å²) in [6.45, 7) is 8.45. The van der Waals surface area contributed by atoms with Crippen LogP contribution in [0.15, 0.2) is 36.9 Å². The van der Waals surface area contributed by atoms with E-state index in [4.69, 9.17) is 0 Å². The fraction of sp³-hybridized carbons (Fsp3) is 0.375. The first-order valence-electron chi connectivity index (χ1n) is 7.02. The van der Waals surface area contributed by atoms with Crippen LogP contribution in [0.4, 0.5) is 0 Å². The van der Waals surface area contributed by atoms with E-state index >= 15 is 0 Å². The monoisotopic (exact) mass is 271 g/mol. The third-order valence-electron chi connectivity index (χ3n) is 3.24. The second kappa shape index (κ2) is 6.37. The molecule has 0 aliphatic heterocycles. The minimum Gasteiger partial charge on any atom is -0.346 e. The van der Waals surface area contributed by atoms with E-state index in [1.54, 1.807) is 0 Å². The Morgan fingerprint density at radius 3 is 2.95 bits per heavy atom. The SMILES string of the molecule is C=CCn1c([C@@H](C)NC(=O)CCC)nc2ccccc21. The molecule has 2 rings (SSSR count). The first-order valence-corrected chi connectivity index (χ1v) is 7.02. The van der Waals surface area contributed by atoms with Crippen molar-refractivity contribution in [1.29, 1.82) is 0 Å². The van der Waals surface area contributed by atoms with Gasteiger partial charge < -0.3 is 9.88 Å². The Labute approximate surface area is 119 Å². The van der Waals surface area contributed by atoms with Gasteiger partial charge in [0.25, 0.3) is 0 Å². The van der Waals surface area contributed by atoms with Gasteiger partial charge in [-0.05, 0) is 25.5 Å². The Morgan fingerprint density at radius 2 is 2.25 bits per heavy atom. The van der Waals surface area contributed by atoms with Crippen molar-refractivity contribution >= 4 is 16.9 Å². The Bertz CT molecular complexity index is 615. The fourth-order valence-electron chi connectivity index (χ4n) is 2.35. The van der Waals surface area contributed by atoms with Crippen LogP contribution in [0.1, 0.15) is 38.6 Å². The zero-order valence-corrected chi connectivity index (χ0v) is 12.1. The predicted molar refractivity (Wildman–Crippen MR) is 81.4 cm³/mol. The van der Waals surface area contributed by atoms with Gasteiger partial charge in [-0.3, -0.25) is 4.79 Å². The molecule has 0 aliphatic carbocycles. The molecule has 0 radical (unpaired) electrons. The van der Waals surface area contributed by atoms with Gasteiger partial charge in [0.2, 0.25) is 5.91 Å². The summed E-state index contributed by atoms with van der Waals surface area (Å²) >= 11 is 0. The van der Waals surface area contributed by atoms with Crippen LogP contribution >= 0.6 is 0 Å². The minimum atomic E-state index is -0.110. The van der Waals surface area contributed by atoms with Gasteiger partial charge in [0.1, 0.15) is 5.82 Å². The molecule has 0 fully saturated rings. The number of aromatic nitrogens is 2. The van der Waals surface area contributed by atoms with Crippen LogP contribution < -0.4 is 5.32 Å². The van der Waals surface area contributed by atoms with E-state index in [9.17, 15) is 4.79 Å². The van der Waals surface area contributed by atoms with Crippen molar-refractivity contribution in [2.45, 2.75) is 39.3 Å². The van der Waals surface area contributed by atoms with Crippen LogP contribution in [0, 0.1) is 0 Å². The number of imidazole rings is 1. The molecule has 1 aromatic heterocycles. The molecule has 1 aromatic carbocycles. The maximum atomic E-state index is 11.7. The second-order valence-corrected chi connectivity index (χ2v) is 4.90. The molecule has 0 bridgehead atoms. The molecule has 0 aliphatic rings. The van der Waals surface area contributed by atoms with Crippen LogP contribution in [-0.4, -0.2) is 15.5 Å². The van der Waals surface area contributed by atoms with Crippen molar-refractivity contribution in [2.75, 3.05) is 0 Å². The molecule has 0 unspecified atom stereocenters. The highest BCUT2D eigenvalue weighted by Crippen LogP contribution is 2.20. The summed E-state index contributed by atoms with van der Waals surface area (Å²) < 4.78 is 2.10. The van der Waals surface area contributed by atoms with Gasteiger partial charge in [0, 0.05) is 13.0 Å². The molecule has 1 heterocycles. The normalized spacial score (nSPS) is 12.3. The lowest BCUT2D eigenvalue weighted by molar-refractivity contribution is -0.121. The van der Waals surface area contributed by atoms with E-state index in [-0.39, 0.29) is 11.9 Å². The van der Waals surface area contributed by atoms with Gasteiger partial charge in [-0.25, -0.2) is 4.98 Å². The van der Waals surface area contributed by atoms with Gasteiger partial charge in [0.05, 0.1) is 17.1 Å². The number of amides is 1. The van der Waals surface area contributed by atoms with E-state index in [1.165, 1.54) is 0 Å². The zero-order valence-electron chi connectivity index (χ0n) is 12.1. The standard InChI is InChI=1S/C16H21N3O/c1-4-8-15(20)17-12(3)16-18-13-9-6-7-10-14(13)19(16)11-5-2/h5-7,9-10,12H,2,4,8,11H2,1,3H3,(H,17,20)/t12-/m1/s1. The third kappa shape index (κ3) is 2.90. The number of nitrogens with one attached hydrogen (secondary N) is 1. The summed E-state index contributed by atoms with van der Waals surface area (Å²) in [7, 11) is 0. The Kier molecular flexibility index (Phi) is 4.56. The van der Waals surface area contributed by atoms with Crippen molar-refractivity contribution in [3.05, 3.63) is 42.7 Å². The molecule has 4 heteroatoms. The molecule has 1 amide bonds. The minimum absolute atomic E-state index is 0.0669. The molecule has 1 N–H and O–H groups in total. The highest BCUT2D eigenvalue weighted by Gasteiger charge is 2.17. The smallest absolute Gasteiger partial charge is 0.220 e. The van der Waals surface area contributed by atoms with Crippen LogP contribution in [-0.2, 0) is 11.3 Å². The summed E-state index contributed by atoms with van der Waals surface area (Å²) in [6.07, 6.45) is 3.24. The van der Waals surface area contributed by atoms with E-state index in [2.05, 4.69) is 21.4 Å². The number of para-hydroxylation sites is 2. The van der Waals surface area contributed by atoms with Crippen LogP contribution in [0.5, 0.6) is 0 Å². The van der Waals surface area contributed by atoms with Gasteiger partial charge in [-0.15, -0.1) is 6.58 Å². The second-order valence-electron chi connectivity index (χ2n) is 4.90. The Balaban J connectivity index is 2.34. The van der Waals surface area contributed by atoms with Gasteiger partial charge in [-0.1, -0.05) is 25.1 Å². The van der Waals surface area contributed by atoms with Crippen molar-refractivity contribution < 1.29 is 4.79 Å². The summed E-state index contributed by atoms with van der Waals surface area (Å²) in [6, 6.07) is 7.88. The number of benzene rings is 1. The number of fused-ring (bicyclic) bond motifs is 1. The lowest BCUT2D eigenvalue weighted by atomic mass is 10.2. The average molecular weight is 271 g/mol. The summed E-state index contributed by atoms with van der Waals surface area (Å²) in [5.74, 6) is 0.938. The van der Waals surface area contributed by atoms with Gasteiger partial charge >= 0.3 is 0 Å². The van der Waals surface area contributed by atoms with Crippen molar-refractivity contribution in [1.82, 2.24) is 14.9 Å². The van der Waals surface area contributed by atoms with E-state index in [1.807, 2.05) is 44.2 Å². The van der Waals surface area contributed by atoms with Crippen molar-refractivity contribution in [3.8, 4) is 0 Å². The van der Waals surface area contributed by atoms with E-state index < -0.39 is 0 Å². The number of nitrogens with zero attached hydrogens (tertiary/aromatic N) is 2. The topological polar surface area (TPSA) is 46.9 Å². The first kappa shape index (κ1) is 14.3. The average Bonchev–Trinajstić information content (AvgIpc) is 2.79. The molecule has 2 aromatic rings. The van der Waals surface area contributed by atoms with Gasteiger partial charge in [-0.2, -0.15) is 0 Å². The maximum Gasteiger partial charge on any atom is 0.220 e. The number of allylic oxidation sites excluding steroid dienone is 1. The molecule has 1 atom stereocenters. The van der Waals surface area contributed by atoms with Crippen molar-refractivity contribution in [3.63, 3.8) is 0 Å². The summed E-state index contributed by atoms with van der Waals surface area (Å²) in [4.78, 5) is 16.4. The lowest BCUT2D eigenvalue weighted by Gasteiger charge is -2.15. The molecule has 106 valence electrons. The number of carbonyl (C=O) groups excluding carboxylic acids is 1. The van der Waals surface area contributed by atoms with E-state index in [0.29, 0.717) is 13.0 Å². The molecule has 0 saturated carbocycles. The molecule has 0 saturated heterocycles. The number of carbonyl (C=O) groups is 1. The highest BCUT2D eigenvalue weighted by atomic mass is 16.1. The molecular weight excluding hydrogens is 250 g/mol. The third-order valence-corrected chi connectivity index (χ3v) is 3.24. The lowest BCUT2D eigenvalue weighted by Crippen LogP contribution is -2.28. The Morgan fingerprint density at radius 1 is 1.50 bits per heavy atom. The molecule has 0 spiro atoms. The quantitative estimate of drug-likeness (QED) is 0.820. The van der Waals surface area contributed by atoms with Crippen molar-refractivity contribution in [2.24, 2.45) is 0 Å². The fourth-order valence-corrected chi connectivity index (χ4v) is 2.35. The van der Waals surface area contributed by atoms with Crippen LogP contribution in [0.25, 0.3) is 11.0 Å². The first-order chi connectivity index (χ1) is 9.67. The predicted octanol–water partition coefficient (Wildman–Crippen LogP) is 3.20. The number of hydrogen-bond acceptors (Lipinski definition) is 2. The highest BCUT2D eigenvalue weighted by molar-refractivity contribution is 5.78. The Hall–Kier alpha value is -2.10. The summed E-state index contributed by atoms with van der Waals surface area (Å²) in [5, 5.41) is 3.00. The van der Waals surface area contributed by atoms with Crippen LogP contribution in [0.2, 0.25) is 0 Å². The number of rotatable bonds is 6. The largest absolute Gasteiger partial charge is 0.346 e. The van der Waals surface area contributed by atoms with Gasteiger partial charge in [0.15, 0.2) is 0 Å². The molecular formula is C16H21N3O. The molecule has 4 nitrogen and oxygen atoms in total.